The molecule has 3 atom stereocenters. The molecule has 2 saturated carbocycles. The van der Waals surface area contributed by atoms with Crippen molar-refractivity contribution >= 4 is 12.4 Å². The van der Waals surface area contributed by atoms with Crippen LogP contribution in [0.15, 0.2) is 58.5 Å². The first-order valence-corrected chi connectivity index (χ1v) is 8.81. The van der Waals surface area contributed by atoms with Crippen LogP contribution in [0.4, 0.5) is 0 Å². The Morgan fingerprint density at radius 1 is 0.920 bits per heavy atom. The first kappa shape index (κ1) is 15.9. The van der Waals surface area contributed by atoms with Gasteiger partial charge in [-0.25, -0.2) is 0 Å². The van der Waals surface area contributed by atoms with Gasteiger partial charge in [0, 0.05) is 23.6 Å². The number of hydrogen-bond donors (Lipinski definition) is 2. The number of hydrogen-bond acceptors (Lipinski definition) is 4. The van der Waals surface area contributed by atoms with Gasteiger partial charge in [0.2, 0.25) is 0 Å². The first-order chi connectivity index (χ1) is 12.2. The summed E-state index contributed by atoms with van der Waals surface area (Å²) in [5, 5.41) is 19.9. The summed E-state index contributed by atoms with van der Waals surface area (Å²) in [7, 11) is 0. The number of aromatic hydroxyl groups is 2. The molecule has 2 N–H and O–H groups in total. The standard InChI is InChI=1S/C21H22N2O2/c24-18-7-3-1-5-16(18)13-22-20-11-15-9-10-21(20,12-15)23-14-17-6-2-4-8-19(17)25/h1-8,13-15,20,24-25H,9-12H2. The lowest BCUT2D eigenvalue weighted by atomic mass is 9.89. The van der Waals surface area contributed by atoms with E-state index in [1.54, 1.807) is 24.6 Å². The second-order valence-corrected chi connectivity index (χ2v) is 7.12. The summed E-state index contributed by atoms with van der Waals surface area (Å²) in [6.07, 6.45) is 7.90. The SMILES string of the molecule is Oc1ccccc1C=NC1CC2CCC1(N=Cc1ccccc1O)C2. The van der Waals surface area contributed by atoms with E-state index in [-0.39, 0.29) is 23.1 Å². The zero-order chi connectivity index (χ0) is 17.3. The molecule has 4 heteroatoms. The molecule has 0 amide bonds. The van der Waals surface area contributed by atoms with Gasteiger partial charge in [-0.15, -0.1) is 0 Å². The molecule has 2 aromatic carbocycles. The molecule has 3 unspecified atom stereocenters. The van der Waals surface area contributed by atoms with Crippen molar-refractivity contribution in [2.45, 2.75) is 37.3 Å². The highest BCUT2D eigenvalue weighted by Crippen LogP contribution is 2.51. The average Bonchev–Trinajstić information content (AvgIpc) is 3.19. The van der Waals surface area contributed by atoms with Crippen molar-refractivity contribution in [3.05, 3.63) is 59.7 Å². The number of para-hydroxylation sites is 2. The minimum absolute atomic E-state index is 0.132. The van der Waals surface area contributed by atoms with Crippen molar-refractivity contribution < 1.29 is 10.2 Å². The first-order valence-electron chi connectivity index (χ1n) is 8.81. The summed E-state index contributed by atoms with van der Waals surface area (Å²) in [6, 6.07) is 14.6. The molecule has 0 heterocycles. The van der Waals surface area contributed by atoms with Gasteiger partial charge in [0.1, 0.15) is 11.5 Å². The molecule has 0 aliphatic heterocycles. The Hall–Kier alpha value is -2.62. The Balaban J connectivity index is 1.59. The summed E-state index contributed by atoms with van der Waals surface area (Å²) < 4.78 is 0. The fourth-order valence-electron chi connectivity index (χ4n) is 4.16. The zero-order valence-corrected chi connectivity index (χ0v) is 14.0. The lowest BCUT2D eigenvalue weighted by Gasteiger charge is -2.28. The molecule has 4 nitrogen and oxygen atoms in total. The lowest BCUT2D eigenvalue weighted by molar-refractivity contribution is 0.367. The van der Waals surface area contributed by atoms with Crippen LogP contribution in [0.2, 0.25) is 0 Å². The average molecular weight is 334 g/mol. The van der Waals surface area contributed by atoms with Crippen LogP contribution >= 0.6 is 0 Å². The maximum atomic E-state index is 9.95. The molecule has 128 valence electrons. The second-order valence-electron chi connectivity index (χ2n) is 7.12. The summed E-state index contributed by atoms with van der Waals surface area (Å²) in [6.45, 7) is 0. The molecule has 25 heavy (non-hydrogen) atoms. The molecule has 2 aliphatic carbocycles. The Morgan fingerprint density at radius 3 is 2.20 bits per heavy atom. The van der Waals surface area contributed by atoms with Crippen LogP contribution in [-0.4, -0.2) is 34.2 Å². The maximum Gasteiger partial charge on any atom is 0.124 e. The van der Waals surface area contributed by atoms with Crippen LogP contribution in [-0.2, 0) is 0 Å². The van der Waals surface area contributed by atoms with Crippen molar-refractivity contribution in [2.75, 3.05) is 0 Å². The molecule has 2 fully saturated rings. The minimum atomic E-state index is -0.173. The molecule has 0 spiro atoms. The van der Waals surface area contributed by atoms with Crippen LogP contribution in [0.5, 0.6) is 11.5 Å². The summed E-state index contributed by atoms with van der Waals surface area (Å²) in [5.41, 5.74) is 1.31. The Morgan fingerprint density at radius 2 is 1.56 bits per heavy atom. The van der Waals surface area contributed by atoms with E-state index in [1.165, 1.54) is 6.42 Å². The van der Waals surface area contributed by atoms with Gasteiger partial charge in [0.15, 0.2) is 0 Å². The minimum Gasteiger partial charge on any atom is -0.507 e. The number of rotatable bonds is 4. The summed E-state index contributed by atoms with van der Waals surface area (Å²) in [5.74, 6) is 1.18. The molecule has 0 aromatic heterocycles. The number of nitrogens with zero attached hydrogens (tertiary/aromatic N) is 2. The van der Waals surface area contributed by atoms with Gasteiger partial charge in [-0.2, -0.15) is 0 Å². The fourth-order valence-corrected chi connectivity index (χ4v) is 4.16. The van der Waals surface area contributed by atoms with Crippen molar-refractivity contribution in [1.29, 1.82) is 0 Å². The van der Waals surface area contributed by atoms with Crippen LogP contribution < -0.4 is 0 Å². The molecular weight excluding hydrogens is 312 g/mol. The molecule has 2 aromatic rings. The van der Waals surface area contributed by atoms with Crippen molar-refractivity contribution in [1.82, 2.24) is 0 Å². The van der Waals surface area contributed by atoms with E-state index in [0.717, 1.165) is 30.4 Å². The number of phenols is 2. The van der Waals surface area contributed by atoms with Gasteiger partial charge in [-0.3, -0.25) is 9.98 Å². The predicted molar refractivity (Wildman–Crippen MR) is 99.9 cm³/mol. The number of benzene rings is 2. The monoisotopic (exact) mass is 334 g/mol. The topological polar surface area (TPSA) is 65.2 Å². The highest BCUT2D eigenvalue weighted by atomic mass is 16.3. The lowest BCUT2D eigenvalue weighted by Crippen LogP contribution is -2.34. The third-order valence-electron chi connectivity index (χ3n) is 5.53. The normalized spacial score (nSPS) is 28.3. The quantitative estimate of drug-likeness (QED) is 0.832. The highest BCUT2D eigenvalue weighted by molar-refractivity contribution is 5.84. The van der Waals surface area contributed by atoms with Gasteiger partial charge >= 0.3 is 0 Å². The van der Waals surface area contributed by atoms with E-state index < -0.39 is 0 Å². The van der Waals surface area contributed by atoms with E-state index in [1.807, 2.05) is 36.4 Å². The third-order valence-corrected chi connectivity index (χ3v) is 5.53. The van der Waals surface area contributed by atoms with Gasteiger partial charge in [0.05, 0.1) is 11.6 Å². The predicted octanol–water partition coefficient (Wildman–Crippen LogP) is 3.95. The zero-order valence-electron chi connectivity index (χ0n) is 14.0. The molecule has 2 aliphatic rings. The van der Waals surface area contributed by atoms with Crippen LogP contribution in [0, 0.1) is 5.92 Å². The smallest absolute Gasteiger partial charge is 0.124 e. The van der Waals surface area contributed by atoms with E-state index in [9.17, 15) is 10.2 Å². The molecule has 0 saturated heterocycles. The van der Waals surface area contributed by atoms with Crippen molar-refractivity contribution in [2.24, 2.45) is 15.9 Å². The Kier molecular flexibility index (Phi) is 4.04. The van der Waals surface area contributed by atoms with Crippen LogP contribution in [0.1, 0.15) is 36.8 Å². The van der Waals surface area contributed by atoms with Gasteiger partial charge in [0.25, 0.3) is 0 Å². The van der Waals surface area contributed by atoms with E-state index >= 15 is 0 Å². The Bertz CT molecular complexity index is 830. The summed E-state index contributed by atoms with van der Waals surface area (Å²) >= 11 is 0. The third kappa shape index (κ3) is 3.04. The molecule has 4 rings (SSSR count). The van der Waals surface area contributed by atoms with E-state index in [0.29, 0.717) is 5.92 Å². The summed E-state index contributed by atoms with van der Waals surface area (Å²) in [4.78, 5) is 9.68. The van der Waals surface area contributed by atoms with Gasteiger partial charge in [-0.1, -0.05) is 24.3 Å². The number of phenolic OH excluding ortho intramolecular Hbond substituents is 2. The van der Waals surface area contributed by atoms with Gasteiger partial charge < -0.3 is 10.2 Å². The number of aliphatic imine (C=N–C) groups is 2. The van der Waals surface area contributed by atoms with E-state index in [2.05, 4.69) is 0 Å². The van der Waals surface area contributed by atoms with E-state index in [4.69, 9.17) is 9.98 Å². The maximum absolute atomic E-state index is 9.95. The van der Waals surface area contributed by atoms with Crippen molar-refractivity contribution in [3.63, 3.8) is 0 Å². The molecular formula is C21H22N2O2. The largest absolute Gasteiger partial charge is 0.507 e. The van der Waals surface area contributed by atoms with Crippen LogP contribution in [0.3, 0.4) is 0 Å². The number of fused-ring (bicyclic) bond motifs is 2. The Labute approximate surface area is 147 Å². The van der Waals surface area contributed by atoms with Gasteiger partial charge in [-0.05, 0) is 55.9 Å². The molecule has 2 bridgehead atoms. The second kappa shape index (κ2) is 6.36. The molecule has 0 radical (unpaired) electrons. The highest BCUT2D eigenvalue weighted by Gasteiger charge is 2.51. The fraction of sp³-hybridized carbons (Fsp3) is 0.333. The van der Waals surface area contributed by atoms with Crippen molar-refractivity contribution in [3.8, 4) is 11.5 Å². The van der Waals surface area contributed by atoms with Crippen LogP contribution in [0.25, 0.3) is 0 Å².